The van der Waals surface area contributed by atoms with Gasteiger partial charge in [0.25, 0.3) is 0 Å². The molecule has 0 spiro atoms. The van der Waals surface area contributed by atoms with Gasteiger partial charge in [-0.25, -0.2) is 0 Å². The van der Waals surface area contributed by atoms with Crippen LogP contribution in [0, 0.1) is 6.92 Å². The first-order chi connectivity index (χ1) is 8.70. The lowest BCUT2D eigenvalue weighted by Gasteiger charge is -2.09. The number of aryl methyl sites for hydroxylation is 1. The first-order valence-corrected chi connectivity index (χ1v) is 6.01. The van der Waals surface area contributed by atoms with Crippen LogP contribution >= 0.6 is 11.6 Å². The van der Waals surface area contributed by atoms with E-state index in [1.165, 1.54) is 0 Å². The quantitative estimate of drug-likeness (QED) is 0.922. The highest BCUT2D eigenvalue weighted by molar-refractivity contribution is 6.32. The van der Waals surface area contributed by atoms with Crippen LogP contribution in [0.2, 0.25) is 5.02 Å². The molecule has 2 aromatic rings. The van der Waals surface area contributed by atoms with Crippen LogP contribution in [0.25, 0.3) is 0 Å². The summed E-state index contributed by atoms with van der Waals surface area (Å²) in [6, 6.07) is 9.12. The molecule has 0 unspecified atom stereocenters. The molecule has 0 fully saturated rings. The van der Waals surface area contributed by atoms with Gasteiger partial charge < -0.3 is 9.84 Å². The van der Waals surface area contributed by atoms with Crippen molar-refractivity contribution >= 4 is 11.6 Å². The minimum absolute atomic E-state index is 0.0284. The zero-order chi connectivity index (χ0) is 13.0. The fraction of sp³-hybridized carbons (Fsp3) is 0.214. The van der Waals surface area contributed by atoms with Gasteiger partial charge in [-0.05, 0) is 36.2 Å². The van der Waals surface area contributed by atoms with Gasteiger partial charge in [0, 0.05) is 6.20 Å². The molecule has 0 aliphatic carbocycles. The van der Waals surface area contributed by atoms with Crippen LogP contribution < -0.4 is 4.74 Å². The second-order valence-electron chi connectivity index (χ2n) is 3.98. The molecule has 2 rings (SSSR count). The van der Waals surface area contributed by atoms with Gasteiger partial charge in [0.15, 0.2) is 0 Å². The minimum atomic E-state index is -0.0284. The maximum atomic E-state index is 8.99. The summed E-state index contributed by atoms with van der Waals surface area (Å²) < 4.78 is 5.63. The number of rotatable bonds is 4. The lowest BCUT2D eigenvalue weighted by atomic mass is 10.2. The van der Waals surface area contributed by atoms with Crippen molar-refractivity contribution in [1.29, 1.82) is 0 Å². The summed E-state index contributed by atoms with van der Waals surface area (Å²) in [5.41, 5.74) is 2.74. The number of ether oxygens (including phenoxy) is 1. The zero-order valence-electron chi connectivity index (χ0n) is 10.1. The third-order valence-corrected chi connectivity index (χ3v) is 2.96. The Hall–Kier alpha value is -1.58. The summed E-state index contributed by atoms with van der Waals surface area (Å²) in [7, 11) is 0. The van der Waals surface area contributed by atoms with Crippen molar-refractivity contribution in [3.05, 3.63) is 58.4 Å². The van der Waals surface area contributed by atoms with Crippen molar-refractivity contribution in [2.24, 2.45) is 0 Å². The molecule has 0 radical (unpaired) electrons. The van der Waals surface area contributed by atoms with E-state index in [1.54, 1.807) is 24.4 Å². The number of aliphatic hydroxyl groups is 1. The molecule has 0 bridgehead atoms. The molecule has 1 aromatic heterocycles. The molecule has 0 atom stereocenters. The highest BCUT2D eigenvalue weighted by Gasteiger charge is 2.05. The van der Waals surface area contributed by atoms with Gasteiger partial charge >= 0.3 is 0 Å². The number of benzene rings is 1. The summed E-state index contributed by atoms with van der Waals surface area (Å²) in [5, 5.41) is 9.48. The van der Waals surface area contributed by atoms with Gasteiger partial charge in [0.2, 0.25) is 0 Å². The van der Waals surface area contributed by atoms with Crippen molar-refractivity contribution < 1.29 is 9.84 Å². The van der Waals surface area contributed by atoms with E-state index >= 15 is 0 Å². The van der Waals surface area contributed by atoms with Crippen molar-refractivity contribution in [2.45, 2.75) is 20.1 Å². The fourth-order valence-corrected chi connectivity index (χ4v) is 1.83. The van der Waals surface area contributed by atoms with E-state index in [2.05, 4.69) is 4.98 Å². The summed E-state index contributed by atoms with van der Waals surface area (Å²) in [6.07, 6.45) is 1.74. The first kappa shape index (κ1) is 12.9. The largest absolute Gasteiger partial charge is 0.486 e. The highest BCUT2D eigenvalue weighted by atomic mass is 35.5. The lowest BCUT2D eigenvalue weighted by molar-refractivity contribution is 0.280. The minimum Gasteiger partial charge on any atom is -0.486 e. The van der Waals surface area contributed by atoms with Crippen molar-refractivity contribution in [1.82, 2.24) is 4.98 Å². The molecule has 4 heteroatoms. The zero-order valence-corrected chi connectivity index (χ0v) is 10.8. The molecule has 94 valence electrons. The van der Waals surface area contributed by atoms with Crippen LogP contribution in [0.1, 0.15) is 16.8 Å². The topological polar surface area (TPSA) is 42.4 Å². The van der Waals surface area contributed by atoms with Crippen LogP contribution in [-0.2, 0) is 13.2 Å². The Labute approximate surface area is 111 Å². The van der Waals surface area contributed by atoms with Crippen LogP contribution in [-0.4, -0.2) is 10.1 Å². The van der Waals surface area contributed by atoms with Gasteiger partial charge in [-0.1, -0.05) is 23.7 Å². The molecule has 1 aromatic carbocycles. The second-order valence-corrected chi connectivity index (χ2v) is 4.39. The third-order valence-electron chi connectivity index (χ3n) is 2.66. The van der Waals surface area contributed by atoms with E-state index in [9.17, 15) is 0 Å². The standard InChI is InChI=1S/C14H14ClNO2/c1-10-3-2-6-16-13(10)9-18-14-5-4-11(8-17)7-12(14)15/h2-7,17H,8-9H2,1H3. The number of aromatic nitrogens is 1. The molecule has 1 heterocycles. The average Bonchev–Trinajstić information content (AvgIpc) is 2.39. The lowest BCUT2D eigenvalue weighted by Crippen LogP contribution is -2.01. The first-order valence-electron chi connectivity index (χ1n) is 5.63. The molecule has 0 amide bonds. The second kappa shape index (κ2) is 5.85. The van der Waals surface area contributed by atoms with E-state index in [0.717, 1.165) is 16.8 Å². The molecular weight excluding hydrogens is 250 g/mol. The monoisotopic (exact) mass is 263 g/mol. The van der Waals surface area contributed by atoms with Crippen molar-refractivity contribution in [2.75, 3.05) is 0 Å². The molecule has 0 aliphatic heterocycles. The summed E-state index contributed by atoms with van der Waals surface area (Å²) in [5.74, 6) is 0.596. The van der Waals surface area contributed by atoms with Crippen molar-refractivity contribution in [3.8, 4) is 5.75 Å². The summed E-state index contributed by atoms with van der Waals surface area (Å²) >= 11 is 6.06. The third kappa shape index (κ3) is 3.00. The van der Waals surface area contributed by atoms with Gasteiger partial charge in [0.05, 0.1) is 17.3 Å². The maximum absolute atomic E-state index is 8.99. The molecule has 1 N–H and O–H groups in total. The van der Waals surface area contributed by atoms with Gasteiger partial charge in [-0.15, -0.1) is 0 Å². The normalized spacial score (nSPS) is 10.4. The van der Waals surface area contributed by atoms with Gasteiger partial charge in [0.1, 0.15) is 12.4 Å². The number of pyridine rings is 1. The van der Waals surface area contributed by atoms with E-state index in [0.29, 0.717) is 17.4 Å². The molecule has 0 saturated carbocycles. The number of hydrogen-bond acceptors (Lipinski definition) is 3. The Kier molecular flexibility index (Phi) is 4.18. The number of aliphatic hydroxyl groups excluding tert-OH is 1. The predicted molar refractivity (Wildman–Crippen MR) is 70.7 cm³/mol. The Morgan fingerprint density at radius 3 is 2.83 bits per heavy atom. The number of halogens is 1. The van der Waals surface area contributed by atoms with E-state index in [-0.39, 0.29) is 6.61 Å². The van der Waals surface area contributed by atoms with Crippen molar-refractivity contribution in [3.63, 3.8) is 0 Å². The number of nitrogens with zero attached hydrogens (tertiary/aromatic N) is 1. The number of hydrogen-bond donors (Lipinski definition) is 1. The van der Waals surface area contributed by atoms with E-state index in [1.807, 2.05) is 19.1 Å². The fourth-order valence-electron chi connectivity index (χ4n) is 1.58. The maximum Gasteiger partial charge on any atom is 0.138 e. The van der Waals surface area contributed by atoms with Crippen LogP contribution in [0.3, 0.4) is 0 Å². The Morgan fingerprint density at radius 1 is 1.33 bits per heavy atom. The Morgan fingerprint density at radius 2 is 2.17 bits per heavy atom. The SMILES string of the molecule is Cc1cccnc1COc1ccc(CO)cc1Cl. The predicted octanol–water partition coefficient (Wildman–Crippen LogP) is 3.11. The molecule has 18 heavy (non-hydrogen) atoms. The molecule has 0 aliphatic rings. The molecule has 0 saturated heterocycles. The molecule has 3 nitrogen and oxygen atoms in total. The van der Waals surface area contributed by atoms with Gasteiger partial charge in [-0.2, -0.15) is 0 Å². The van der Waals surface area contributed by atoms with Crippen LogP contribution in [0.15, 0.2) is 36.5 Å². The van der Waals surface area contributed by atoms with E-state index < -0.39 is 0 Å². The Balaban J connectivity index is 2.09. The summed E-state index contributed by atoms with van der Waals surface area (Å²) in [4.78, 5) is 4.25. The summed E-state index contributed by atoms with van der Waals surface area (Å²) in [6.45, 7) is 2.34. The van der Waals surface area contributed by atoms with E-state index in [4.69, 9.17) is 21.4 Å². The highest BCUT2D eigenvalue weighted by Crippen LogP contribution is 2.26. The van der Waals surface area contributed by atoms with Crippen LogP contribution in [0.4, 0.5) is 0 Å². The Bertz CT molecular complexity index is 543. The molecular formula is C14H14ClNO2. The van der Waals surface area contributed by atoms with Gasteiger partial charge in [-0.3, -0.25) is 4.98 Å². The van der Waals surface area contributed by atoms with Crippen LogP contribution in [0.5, 0.6) is 5.75 Å². The smallest absolute Gasteiger partial charge is 0.138 e. The average molecular weight is 264 g/mol.